The fraction of sp³-hybridized carbons (Fsp3) is 0.389. The molecule has 10 nitrogen and oxygen atoms in total. The molecule has 6 aromatic rings. The Morgan fingerprint density at radius 2 is 1.61 bits per heavy atom. The number of aromatic nitrogens is 1. The summed E-state index contributed by atoms with van der Waals surface area (Å²) < 4.78 is 12.2. The van der Waals surface area contributed by atoms with Gasteiger partial charge in [-0.3, -0.25) is 4.79 Å². The van der Waals surface area contributed by atoms with Gasteiger partial charge < -0.3 is 45.3 Å². The molecule has 5 aromatic carbocycles. The van der Waals surface area contributed by atoms with Gasteiger partial charge >= 0.3 is 0 Å². The van der Waals surface area contributed by atoms with Crippen molar-refractivity contribution in [2.24, 2.45) is 11.8 Å². The van der Waals surface area contributed by atoms with Gasteiger partial charge in [-0.2, -0.15) is 12.4 Å². The topological polar surface area (TPSA) is 163 Å². The smallest absolute Gasteiger partial charge is 0.164 e. The minimum atomic E-state index is -1.57. The largest absolute Gasteiger partial charge is 0.670 e. The molecule has 64 heavy (non-hydrogen) atoms. The SMILES string of the molecule is CCc1ccc2ccccc2c1Cc1c(CC(Cc2cc[n-]c2)C(O)C2CCC(O)C(Cc3ccc(O)c(OC4CCCC4)c3)(c3cc(O)cc(CNC)c3)C2=O)ccc(O)c1OC. The highest BCUT2D eigenvalue weighted by Crippen LogP contribution is 2.47. The monoisotopic (exact) mass is 865 g/mol. The lowest BCUT2D eigenvalue weighted by molar-refractivity contribution is -0.144. The molecule has 1 aromatic heterocycles. The molecule has 2 aliphatic rings. The maximum atomic E-state index is 15.8. The number of nitrogens with one attached hydrogen (secondary N) is 1. The van der Waals surface area contributed by atoms with E-state index in [1.54, 1.807) is 62.9 Å². The zero-order valence-electron chi connectivity index (χ0n) is 37.1. The van der Waals surface area contributed by atoms with Gasteiger partial charge in [0.05, 0.1) is 30.8 Å². The van der Waals surface area contributed by atoms with Crippen LogP contribution < -0.4 is 19.8 Å². The molecule has 2 fully saturated rings. The van der Waals surface area contributed by atoms with Crippen molar-refractivity contribution in [2.75, 3.05) is 14.2 Å². The Balaban J connectivity index is 1.20. The van der Waals surface area contributed by atoms with E-state index in [0.717, 1.165) is 70.7 Å². The number of ether oxygens (including phenoxy) is 2. The Labute approximate surface area is 375 Å². The number of rotatable bonds is 17. The maximum Gasteiger partial charge on any atom is 0.164 e. The number of benzene rings is 5. The molecule has 2 saturated carbocycles. The highest BCUT2D eigenvalue weighted by Gasteiger charge is 2.54. The Bertz CT molecular complexity index is 2570. The molecule has 0 saturated heterocycles. The second-order valence-electron chi connectivity index (χ2n) is 18.0. The third-order valence-corrected chi connectivity index (χ3v) is 14.0. The van der Waals surface area contributed by atoms with Gasteiger partial charge in [-0.05, 0) is 152 Å². The summed E-state index contributed by atoms with van der Waals surface area (Å²) in [6.45, 7) is 2.55. The molecule has 5 atom stereocenters. The number of hydrogen-bond donors (Lipinski definition) is 6. The molecule has 6 N–H and O–H groups in total. The lowest BCUT2D eigenvalue weighted by atomic mass is 9.58. The normalized spacial score (nSPS) is 20.1. The minimum absolute atomic E-state index is 0.00335. The van der Waals surface area contributed by atoms with Crippen LogP contribution in [0.5, 0.6) is 28.7 Å². The number of ketones is 1. The highest BCUT2D eigenvalue weighted by molar-refractivity contribution is 5.95. The number of fused-ring (bicyclic) bond motifs is 1. The average molecular weight is 866 g/mol. The van der Waals surface area contributed by atoms with Crippen molar-refractivity contribution in [3.05, 3.63) is 148 Å². The van der Waals surface area contributed by atoms with E-state index in [1.165, 1.54) is 5.56 Å². The van der Waals surface area contributed by atoms with Crippen molar-refractivity contribution in [1.82, 2.24) is 10.3 Å². The van der Waals surface area contributed by atoms with Gasteiger partial charge in [-0.1, -0.05) is 73.2 Å². The van der Waals surface area contributed by atoms with Crippen molar-refractivity contribution < 1.29 is 39.8 Å². The first kappa shape index (κ1) is 44.8. The fourth-order valence-electron chi connectivity index (χ4n) is 10.7. The number of methoxy groups -OCH3 is 1. The molecule has 0 spiro atoms. The van der Waals surface area contributed by atoms with Gasteiger partial charge in [-0.25, -0.2) is 0 Å². The van der Waals surface area contributed by atoms with Crippen LogP contribution in [0.2, 0.25) is 0 Å². The molecule has 2 aliphatic carbocycles. The van der Waals surface area contributed by atoms with Gasteiger partial charge in [0.1, 0.15) is 5.75 Å². The average Bonchev–Trinajstić information content (AvgIpc) is 4.02. The van der Waals surface area contributed by atoms with Crippen molar-refractivity contribution in [2.45, 2.75) is 108 Å². The third kappa shape index (κ3) is 9.09. The summed E-state index contributed by atoms with van der Waals surface area (Å²) >= 11 is 0. The van der Waals surface area contributed by atoms with E-state index < -0.39 is 29.5 Å². The van der Waals surface area contributed by atoms with E-state index in [-0.39, 0.29) is 48.4 Å². The molecule has 336 valence electrons. The van der Waals surface area contributed by atoms with Crippen molar-refractivity contribution in [3.63, 3.8) is 0 Å². The number of carbonyl (C=O) groups excluding carboxylic acids is 1. The molecule has 1 heterocycles. The number of aromatic hydroxyl groups is 3. The predicted molar refractivity (Wildman–Crippen MR) is 248 cm³/mol. The Morgan fingerprint density at radius 1 is 0.828 bits per heavy atom. The summed E-state index contributed by atoms with van der Waals surface area (Å²) in [7, 11) is 3.36. The van der Waals surface area contributed by atoms with Gasteiger partial charge in [-0.15, -0.1) is 0 Å². The molecule has 5 unspecified atom stereocenters. The van der Waals surface area contributed by atoms with Gasteiger partial charge in [0.2, 0.25) is 0 Å². The van der Waals surface area contributed by atoms with Crippen LogP contribution >= 0.6 is 0 Å². The first-order valence-electron chi connectivity index (χ1n) is 22.8. The number of aliphatic hydroxyl groups excluding tert-OH is 2. The molecule has 8 rings (SSSR count). The lowest BCUT2D eigenvalue weighted by Crippen LogP contribution is -2.57. The first-order valence-corrected chi connectivity index (χ1v) is 22.8. The van der Waals surface area contributed by atoms with Gasteiger partial charge in [0.15, 0.2) is 28.8 Å². The zero-order chi connectivity index (χ0) is 45.0. The molecule has 0 bridgehead atoms. The number of aliphatic hydroxyl groups is 2. The van der Waals surface area contributed by atoms with Crippen LogP contribution in [0.3, 0.4) is 0 Å². The molecular formula is C54H61N2O8-. The van der Waals surface area contributed by atoms with Crippen molar-refractivity contribution in [3.8, 4) is 28.7 Å². The van der Waals surface area contributed by atoms with Crippen LogP contribution in [0.25, 0.3) is 10.8 Å². The number of phenols is 3. The number of phenolic OH excluding ortho intramolecular Hbond substituents is 3. The number of Topliss-reactive ketones (excluding diaryl/α,β-unsaturated/α-hetero) is 1. The van der Waals surface area contributed by atoms with Crippen LogP contribution in [-0.2, 0) is 48.9 Å². The summed E-state index contributed by atoms with van der Waals surface area (Å²) in [4.78, 5) is 20.1. The summed E-state index contributed by atoms with van der Waals surface area (Å²) in [6, 6.07) is 28.2. The summed E-state index contributed by atoms with van der Waals surface area (Å²) in [5.74, 6) is -1.02. The second kappa shape index (κ2) is 19.5. The number of aryl methyl sites for hydroxylation is 1. The Hall–Kier alpha value is -5.81. The van der Waals surface area contributed by atoms with Crippen LogP contribution in [0, 0.1) is 11.8 Å². The Kier molecular flexibility index (Phi) is 13.7. The predicted octanol–water partition coefficient (Wildman–Crippen LogP) is 8.40. The highest BCUT2D eigenvalue weighted by atomic mass is 16.5. The summed E-state index contributed by atoms with van der Waals surface area (Å²) in [5, 5.41) is 63.8. The number of hydrogen-bond acceptors (Lipinski definition) is 9. The van der Waals surface area contributed by atoms with Crippen LogP contribution in [0.1, 0.15) is 90.0 Å². The van der Waals surface area contributed by atoms with E-state index in [2.05, 4.69) is 41.5 Å². The molecule has 0 aliphatic heterocycles. The second-order valence-corrected chi connectivity index (χ2v) is 18.0. The minimum Gasteiger partial charge on any atom is -0.670 e. The van der Waals surface area contributed by atoms with E-state index >= 15 is 4.79 Å². The van der Waals surface area contributed by atoms with Crippen molar-refractivity contribution >= 4 is 16.6 Å². The zero-order valence-corrected chi connectivity index (χ0v) is 37.1. The third-order valence-electron chi connectivity index (χ3n) is 14.0. The Morgan fingerprint density at radius 3 is 2.36 bits per heavy atom. The van der Waals surface area contributed by atoms with E-state index in [9.17, 15) is 25.5 Å². The van der Waals surface area contributed by atoms with E-state index in [1.807, 2.05) is 30.3 Å². The van der Waals surface area contributed by atoms with Crippen molar-refractivity contribution in [1.29, 1.82) is 0 Å². The first-order chi connectivity index (χ1) is 31.0. The fourth-order valence-corrected chi connectivity index (χ4v) is 10.7. The maximum absolute atomic E-state index is 15.8. The van der Waals surface area contributed by atoms with E-state index in [4.69, 9.17) is 9.47 Å². The standard InChI is InChI=1S/C54H61N2O8/c1-4-36-14-15-37-9-5-8-12-43(37)45(36)29-46-38(16-19-48(59)52(46)63-3)27-39(23-34-21-22-56-32-34)51(61)44-17-20-50(60)54(53(44)62,40-24-35(31-55-2)25-41(57)28-40)30-33-13-18-47(58)49(26-33)64-42-10-6-7-11-42/h5,8-9,12-16,18-19,21-22,24-26,28,32,39,42,44,50-51,55,57-61H,4,6-7,10-11,17,20,23,27,29-31H2,1-3H3/q-1. The lowest BCUT2D eigenvalue weighted by Gasteiger charge is -2.46. The molecule has 10 heteroatoms. The molecule has 0 amide bonds. The summed E-state index contributed by atoms with van der Waals surface area (Å²) in [6.07, 6.45) is 7.62. The van der Waals surface area contributed by atoms with Gasteiger partial charge in [0, 0.05) is 24.4 Å². The quantitative estimate of drug-likeness (QED) is 0.0525. The van der Waals surface area contributed by atoms with Gasteiger partial charge in [0.25, 0.3) is 0 Å². The molecule has 0 radical (unpaired) electrons. The summed E-state index contributed by atoms with van der Waals surface area (Å²) in [5.41, 5.74) is 5.23. The van der Waals surface area contributed by atoms with Crippen LogP contribution in [0.4, 0.5) is 0 Å². The van der Waals surface area contributed by atoms with E-state index in [0.29, 0.717) is 48.4 Å². The van der Waals surface area contributed by atoms with Crippen LogP contribution in [-0.4, -0.2) is 63.8 Å². The number of nitrogens with zero attached hydrogens (tertiary/aromatic N) is 1. The van der Waals surface area contributed by atoms with Crippen LogP contribution in [0.15, 0.2) is 103 Å². The molecular weight excluding hydrogens is 805 g/mol. The number of carbonyl (C=O) groups is 1.